The van der Waals surface area contributed by atoms with Crippen molar-refractivity contribution >= 4 is 5.91 Å². The van der Waals surface area contributed by atoms with Crippen LogP contribution in [-0.2, 0) is 4.79 Å². The number of hydrogen-bond donors (Lipinski definition) is 3. The second-order valence-electron chi connectivity index (χ2n) is 4.05. The van der Waals surface area contributed by atoms with E-state index in [0.717, 1.165) is 25.9 Å². The fourth-order valence-electron chi connectivity index (χ4n) is 1.68. The van der Waals surface area contributed by atoms with Crippen molar-refractivity contribution in [3.63, 3.8) is 0 Å². The SMILES string of the molecule is CC(O)CNC(=O)CC1CCNCC1. The number of nitrogens with one attached hydrogen (secondary N) is 2. The summed E-state index contributed by atoms with van der Waals surface area (Å²) in [5, 5.41) is 15.0. The number of hydrogen-bond acceptors (Lipinski definition) is 3. The smallest absolute Gasteiger partial charge is 0.220 e. The van der Waals surface area contributed by atoms with Crippen LogP contribution in [0.2, 0.25) is 0 Å². The van der Waals surface area contributed by atoms with Gasteiger partial charge in [0.05, 0.1) is 6.10 Å². The van der Waals surface area contributed by atoms with Crippen LogP contribution in [0.5, 0.6) is 0 Å². The normalized spacial score (nSPS) is 20.4. The number of carbonyl (C=O) groups excluding carboxylic acids is 1. The summed E-state index contributed by atoms with van der Waals surface area (Å²) in [7, 11) is 0. The van der Waals surface area contributed by atoms with Crippen LogP contribution in [0.3, 0.4) is 0 Å². The van der Waals surface area contributed by atoms with Crippen LogP contribution in [0.4, 0.5) is 0 Å². The minimum atomic E-state index is -0.452. The number of aliphatic hydroxyl groups excluding tert-OH is 1. The third kappa shape index (κ3) is 4.58. The van der Waals surface area contributed by atoms with Gasteiger partial charge in [0.2, 0.25) is 5.91 Å². The fraction of sp³-hybridized carbons (Fsp3) is 0.900. The molecule has 0 saturated carbocycles. The summed E-state index contributed by atoms with van der Waals surface area (Å²) in [5.41, 5.74) is 0. The molecule has 1 amide bonds. The first-order valence-corrected chi connectivity index (χ1v) is 5.34. The van der Waals surface area contributed by atoms with Crippen molar-refractivity contribution in [3.05, 3.63) is 0 Å². The lowest BCUT2D eigenvalue weighted by molar-refractivity contribution is -0.122. The summed E-state index contributed by atoms with van der Waals surface area (Å²) in [6, 6.07) is 0. The summed E-state index contributed by atoms with van der Waals surface area (Å²) in [4.78, 5) is 11.4. The molecule has 0 aromatic heterocycles. The van der Waals surface area contributed by atoms with Gasteiger partial charge in [0, 0.05) is 13.0 Å². The molecule has 1 rings (SSSR count). The van der Waals surface area contributed by atoms with Crippen LogP contribution < -0.4 is 10.6 Å². The van der Waals surface area contributed by atoms with E-state index >= 15 is 0 Å². The minimum absolute atomic E-state index is 0.0674. The van der Waals surface area contributed by atoms with Gasteiger partial charge in [0.15, 0.2) is 0 Å². The Kier molecular flexibility index (Phi) is 4.90. The van der Waals surface area contributed by atoms with Gasteiger partial charge in [0.1, 0.15) is 0 Å². The van der Waals surface area contributed by atoms with Crippen LogP contribution >= 0.6 is 0 Å². The van der Waals surface area contributed by atoms with E-state index in [1.54, 1.807) is 6.92 Å². The Balaban J connectivity index is 2.12. The number of piperidine rings is 1. The Morgan fingerprint density at radius 1 is 1.57 bits per heavy atom. The lowest BCUT2D eigenvalue weighted by atomic mass is 9.94. The molecular weight excluding hydrogens is 180 g/mol. The molecule has 0 bridgehead atoms. The Morgan fingerprint density at radius 3 is 2.79 bits per heavy atom. The molecule has 0 radical (unpaired) electrons. The van der Waals surface area contributed by atoms with Gasteiger partial charge >= 0.3 is 0 Å². The highest BCUT2D eigenvalue weighted by Crippen LogP contribution is 2.15. The molecule has 1 atom stereocenters. The molecule has 1 aliphatic rings. The van der Waals surface area contributed by atoms with Crippen LogP contribution in [0.15, 0.2) is 0 Å². The molecule has 82 valence electrons. The zero-order valence-electron chi connectivity index (χ0n) is 8.75. The highest BCUT2D eigenvalue weighted by Gasteiger charge is 2.16. The lowest BCUT2D eigenvalue weighted by Crippen LogP contribution is -2.34. The van der Waals surface area contributed by atoms with Gasteiger partial charge in [-0.05, 0) is 38.8 Å². The average Bonchev–Trinajstić information content (AvgIpc) is 2.16. The molecule has 4 nitrogen and oxygen atoms in total. The van der Waals surface area contributed by atoms with Gasteiger partial charge in [-0.2, -0.15) is 0 Å². The minimum Gasteiger partial charge on any atom is -0.392 e. The van der Waals surface area contributed by atoms with Gasteiger partial charge in [-0.25, -0.2) is 0 Å². The molecule has 0 aliphatic carbocycles. The van der Waals surface area contributed by atoms with Crippen molar-refractivity contribution in [2.75, 3.05) is 19.6 Å². The standard InChI is InChI=1S/C10H20N2O2/c1-8(13)7-12-10(14)6-9-2-4-11-5-3-9/h8-9,11,13H,2-7H2,1H3,(H,12,14). The lowest BCUT2D eigenvalue weighted by Gasteiger charge is -2.22. The maximum absolute atomic E-state index is 11.4. The van der Waals surface area contributed by atoms with E-state index < -0.39 is 6.10 Å². The van der Waals surface area contributed by atoms with Crippen LogP contribution in [0.1, 0.15) is 26.2 Å². The third-order valence-corrected chi connectivity index (χ3v) is 2.53. The van der Waals surface area contributed by atoms with Crippen molar-refractivity contribution in [1.82, 2.24) is 10.6 Å². The molecule has 1 unspecified atom stereocenters. The summed E-state index contributed by atoms with van der Waals surface area (Å²) in [6.45, 7) is 4.08. The van der Waals surface area contributed by atoms with E-state index in [9.17, 15) is 4.79 Å². The maximum atomic E-state index is 11.4. The zero-order valence-corrected chi connectivity index (χ0v) is 8.75. The highest BCUT2D eigenvalue weighted by molar-refractivity contribution is 5.76. The predicted octanol–water partition coefficient (Wildman–Crippen LogP) is -0.127. The van der Waals surface area contributed by atoms with Crippen molar-refractivity contribution in [3.8, 4) is 0 Å². The van der Waals surface area contributed by atoms with Crippen LogP contribution in [0.25, 0.3) is 0 Å². The monoisotopic (exact) mass is 200 g/mol. The van der Waals surface area contributed by atoms with Gasteiger partial charge in [-0.15, -0.1) is 0 Å². The average molecular weight is 200 g/mol. The van der Waals surface area contributed by atoms with Gasteiger partial charge < -0.3 is 15.7 Å². The highest BCUT2D eigenvalue weighted by atomic mass is 16.3. The van der Waals surface area contributed by atoms with E-state index in [1.165, 1.54) is 0 Å². The van der Waals surface area contributed by atoms with Crippen molar-refractivity contribution < 1.29 is 9.90 Å². The molecule has 0 aromatic rings. The van der Waals surface area contributed by atoms with Gasteiger partial charge in [-0.3, -0.25) is 4.79 Å². The Labute approximate surface area is 85.1 Å². The molecule has 1 fully saturated rings. The topological polar surface area (TPSA) is 61.4 Å². The second kappa shape index (κ2) is 5.98. The molecule has 4 heteroatoms. The van der Waals surface area contributed by atoms with E-state index in [4.69, 9.17) is 5.11 Å². The maximum Gasteiger partial charge on any atom is 0.220 e. The summed E-state index contributed by atoms with van der Waals surface area (Å²) < 4.78 is 0. The summed E-state index contributed by atoms with van der Waals surface area (Å²) in [5.74, 6) is 0.586. The first kappa shape index (κ1) is 11.5. The van der Waals surface area contributed by atoms with E-state index in [2.05, 4.69) is 10.6 Å². The molecule has 3 N–H and O–H groups in total. The largest absolute Gasteiger partial charge is 0.392 e. The Bertz CT molecular complexity index is 177. The van der Waals surface area contributed by atoms with Gasteiger partial charge in [0.25, 0.3) is 0 Å². The molecule has 14 heavy (non-hydrogen) atoms. The van der Waals surface area contributed by atoms with Crippen LogP contribution in [-0.4, -0.2) is 36.8 Å². The molecule has 0 spiro atoms. The van der Waals surface area contributed by atoms with Crippen molar-refractivity contribution in [2.45, 2.75) is 32.3 Å². The molecule has 0 aromatic carbocycles. The van der Waals surface area contributed by atoms with E-state index in [0.29, 0.717) is 18.9 Å². The quantitative estimate of drug-likeness (QED) is 0.592. The first-order valence-electron chi connectivity index (χ1n) is 5.34. The van der Waals surface area contributed by atoms with Gasteiger partial charge in [-0.1, -0.05) is 0 Å². The zero-order chi connectivity index (χ0) is 10.4. The van der Waals surface area contributed by atoms with E-state index in [1.807, 2.05) is 0 Å². The summed E-state index contributed by atoms with van der Waals surface area (Å²) in [6.07, 6.45) is 2.32. The van der Waals surface area contributed by atoms with Crippen molar-refractivity contribution in [1.29, 1.82) is 0 Å². The number of aliphatic hydroxyl groups is 1. The molecule has 1 heterocycles. The second-order valence-corrected chi connectivity index (χ2v) is 4.05. The third-order valence-electron chi connectivity index (χ3n) is 2.53. The number of amides is 1. The molecular formula is C10H20N2O2. The van der Waals surface area contributed by atoms with Crippen LogP contribution in [0, 0.1) is 5.92 Å². The number of carbonyl (C=O) groups is 1. The summed E-state index contributed by atoms with van der Waals surface area (Å²) >= 11 is 0. The Morgan fingerprint density at radius 2 is 2.21 bits per heavy atom. The first-order chi connectivity index (χ1) is 6.68. The molecule has 1 aliphatic heterocycles. The predicted molar refractivity (Wildman–Crippen MR) is 54.9 cm³/mol. The Hall–Kier alpha value is -0.610. The fourth-order valence-corrected chi connectivity index (χ4v) is 1.68. The molecule has 1 saturated heterocycles. The number of rotatable bonds is 4. The van der Waals surface area contributed by atoms with E-state index in [-0.39, 0.29) is 5.91 Å². The van der Waals surface area contributed by atoms with Crippen molar-refractivity contribution in [2.24, 2.45) is 5.92 Å².